The Morgan fingerprint density at radius 1 is 1.17 bits per heavy atom. The predicted molar refractivity (Wildman–Crippen MR) is 115 cm³/mol. The Morgan fingerprint density at radius 3 is 2.62 bits per heavy atom. The number of aromatic nitrogens is 1. The summed E-state index contributed by atoms with van der Waals surface area (Å²) in [4.78, 5) is 0. The summed E-state index contributed by atoms with van der Waals surface area (Å²) in [5.74, 6) is 0.827. The Morgan fingerprint density at radius 2 is 1.97 bits per heavy atom. The summed E-state index contributed by atoms with van der Waals surface area (Å²) in [6, 6.07) is 13.9. The molecule has 6 nitrogen and oxygen atoms in total. The van der Waals surface area contributed by atoms with Gasteiger partial charge in [0.15, 0.2) is 0 Å². The van der Waals surface area contributed by atoms with E-state index in [2.05, 4.69) is 10.6 Å². The minimum absolute atomic E-state index is 0.0820. The van der Waals surface area contributed by atoms with Gasteiger partial charge in [0.1, 0.15) is 11.8 Å². The second-order valence-corrected chi connectivity index (χ2v) is 9.21. The highest BCUT2D eigenvalue weighted by molar-refractivity contribution is 7.92. The molecule has 0 amide bonds. The van der Waals surface area contributed by atoms with E-state index in [1.807, 2.05) is 43.3 Å². The molecule has 1 aromatic heterocycles. The van der Waals surface area contributed by atoms with Gasteiger partial charge in [-0.05, 0) is 55.7 Å². The molecule has 29 heavy (non-hydrogen) atoms. The molecule has 3 aromatic rings. The zero-order valence-electron chi connectivity index (χ0n) is 16.8. The van der Waals surface area contributed by atoms with E-state index in [1.54, 1.807) is 14.0 Å². The lowest BCUT2D eigenvalue weighted by atomic mass is 10.0. The molecule has 4 rings (SSSR count). The third-order valence-corrected chi connectivity index (χ3v) is 7.39. The summed E-state index contributed by atoms with van der Waals surface area (Å²) in [7, 11) is -1.65. The van der Waals surface area contributed by atoms with E-state index in [4.69, 9.17) is 4.74 Å². The fourth-order valence-corrected chi connectivity index (χ4v) is 5.32. The van der Waals surface area contributed by atoms with Crippen molar-refractivity contribution in [2.45, 2.75) is 26.8 Å². The van der Waals surface area contributed by atoms with Crippen LogP contribution in [0, 0.1) is 11.3 Å². The van der Waals surface area contributed by atoms with E-state index in [0.29, 0.717) is 25.1 Å². The highest BCUT2D eigenvalue weighted by Gasteiger charge is 2.29. The van der Waals surface area contributed by atoms with Crippen LogP contribution in [0.5, 0.6) is 5.75 Å². The first kappa shape index (κ1) is 19.3. The number of rotatable bonds is 5. The van der Waals surface area contributed by atoms with Crippen molar-refractivity contribution in [3.8, 4) is 23.1 Å². The number of anilines is 1. The minimum Gasteiger partial charge on any atom is -0.497 e. The maximum atomic E-state index is 12.4. The number of hydrogen-bond acceptors (Lipinski definition) is 4. The molecule has 2 heterocycles. The molecular formula is C22H23N3O3S. The SMILES string of the molecule is CCn1c(-c2ccc3c(c2)CCN3S(=O)(=O)CC)c(C#N)c2ccc(OC)cc21. The Bertz CT molecular complexity index is 1250. The first-order chi connectivity index (χ1) is 13.9. The third-order valence-electron chi connectivity index (χ3n) is 5.61. The lowest BCUT2D eigenvalue weighted by molar-refractivity contribution is 0.415. The first-order valence-electron chi connectivity index (χ1n) is 9.69. The Balaban J connectivity index is 1.91. The molecule has 150 valence electrons. The molecule has 0 N–H and O–H groups in total. The lowest BCUT2D eigenvalue weighted by Gasteiger charge is -2.18. The number of fused-ring (bicyclic) bond motifs is 2. The van der Waals surface area contributed by atoms with Gasteiger partial charge in [-0.2, -0.15) is 5.26 Å². The van der Waals surface area contributed by atoms with Gasteiger partial charge in [0, 0.05) is 24.5 Å². The smallest absolute Gasteiger partial charge is 0.234 e. The first-order valence-corrected chi connectivity index (χ1v) is 11.3. The molecule has 0 spiro atoms. The van der Waals surface area contributed by atoms with Gasteiger partial charge in [0.25, 0.3) is 0 Å². The van der Waals surface area contributed by atoms with Crippen molar-refractivity contribution in [3.63, 3.8) is 0 Å². The molecule has 0 saturated heterocycles. The maximum absolute atomic E-state index is 12.4. The fourth-order valence-electron chi connectivity index (χ4n) is 4.16. The average molecular weight is 410 g/mol. The number of aryl methyl sites for hydroxylation is 1. The largest absolute Gasteiger partial charge is 0.497 e. The highest BCUT2D eigenvalue weighted by Crippen LogP contribution is 2.39. The van der Waals surface area contributed by atoms with Crippen LogP contribution in [0.25, 0.3) is 22.2 Å². The summed E-state index contributed by atoms with van der Waals surface area (Å²) >= 11 is 0. The lowest BCUT2D eigenvalue weighted by Crippen LogP contribution is -2.30. The van der Waals surface area contributed by atoms with Crippen LogP contribution in [0.2, 0.25) is 0 Å². The van der Waals surface area contributed by atoms with Crippen molar-refractivity contribution >= 4 is 26.6 Å². The summed E-state index contributed by atoms with van der Waals surface area (Å²) in [5, 5.41) is 10.8. The van der Waals surface area contributed by atoms with Gasteiger partial charge in [0.2, 0.25) is 10.0 Å². The zero-order chi connectivity index (χ0) is 20.8. The maximum Gasteiger partial charge on any atom is 0.234 e. The van der Waals surface area contributed by atoms with Crippen molar-refractivity contribution in [3.05, 3.63) is 47.5 Å². The van der Waals surface area contributed by atoms with E-state index < -0.39 is 10.0 Å². The number of ether oxygens (including phenoxy) is 1. The van der Waals surface area contributed by atoms with Gasteiger partial charge >= 0.3 is 0 Å². The molecule has 0 unspecified atom stereocenters. The predicted octanol–water partition coefficient (Wildman–Crippen LogP) is 3.92. The number of sulfonamides is 1. The normalized spacial score (nSPS) is 13.5. The third kappa shape index (κ3) is 2.95. The van der Waals surface area contributed by atoms with Gasteiger partial charge in [0.05, 0.1) is 35.3 Å². The van der Waals surface area contributed by atoms with E-state index in [-0.39, 0.29) is 5.75 Å². The summed E-state index contributed by atoms with van der Waals surface area (Å²) in [6.07, 6.45) is 0.671. The zero-order valence-corrected chi connectivity index (χ0v) is 17.6. The monoisotopic (exact) mass is 409 g/mol. The van der Waals surface area contributed by atoms with E-state index in [1.165, 1.54) is 4.31 Å². The number of hydrogen-bond donors (Lipinski definition) is 0. The van der Waals surface area contributed by atoms with Crippen LogP contribution >= 0.6 is 0 Å². The van der Waals surface area contributed by atoms with E-state index in [9.17, 15) is 13.7 Å². The standard InChI is InChI=1S/C22H23N3O3S/c1-4-24-21-13-17(28-3)7-8-18(21)19(14-23)22(24)16-6-9-20-15(12-16)10-11-25(20)29(26,27)5-2/h6-9,12-13H,4-5,10-11H2,1-3H3. The number of nitrogens with zero attached hydrogens (tertiary/aromatic N) is 3. The number of methoxy groups -OCH3 is 1. The Hall–Kier alpha value is -2.98. The second kappa shape index (κ2) is 7.12. The Labute approximate surface area is 171 Å². The number of benzene rings is 2. The van der Waals surface area contributed by atoms with Gasteiger partial charge < -0.3 is 9.30 Å². The number of nitriles is 1. The molecule has 0 aliphatic carbocycles. The molecular weight excluding hydrogens is 386 g/mol. The van der Waals surface area contributed by atoms with Gasteiger partial charge in [-0.3, -0.25) is 4.31 Å². The molecule has 0 radical (unpaired) electrons. The van der Waals surface area contributed by atoms with Crippen LogP contribution in [-0.4, -0.2) is 32.4 Å². The summed E-state index contributed by atoms with van der Waals surface area (Å²) in [6.45, 7) is 4.88. The molecule has 0 bridgehead atoms. The summed E-state index contributed by atoms with van der Waals surface area (Å²) in [5.41, 5.74) is 5.10. The quantitative estimate of drug-likeness (QED) is 0.640. The molecule has 2 aromatic carbocycles. The molecule has 7 heteroatoms. The minimum atomic E-state index is -3.28. The second-order valence-electron chi connectivity index (χ2n) is 7.03. The van der Waals surface area contributed by atoms with Crippen LogP contribution in [0.1, 0.15) is 25.0 Å². The molecule has 0 fully saturated rings. The van der Waals surface area contributed by atoms with Crippen LogP contribution in [0.4, 0.5) is 5.69 Å². The van der Waals surface area contributed by atoms with Gasteiger partial charge in [-0.15, -0.1) is 0 Å². The van der Waals surface area contributed by atoms with Crippen LogP contribution < -0.4 is 9.04 Å². The molecule has 0 saturated carbocycles. The van der Waals surface area contributed by atoms with E-state index in [0.717, 1.165) is 39.2 Å². The van der Waals surface area contributed by atoms with Gasteiger partial charge in [-0.25, -0.2) is 8.42 Å². The van der Waals surface area contributed by atoms with Crippen molar-refractivity contribution in [1.82, 2.24) is 4.57 Å². The molecule has 0 atom stereocenters. The van der Waals surface area contributed by atoms with Crippen LogP contribution in [0.3, 0.4) is 0 Å². The van der Waals surface area contributed by atoms with Crippen molar-refractivity contribution < 1.29 is 13.2 Å². The van der Waals surface area contributed by atoms with Gasteiger partial charge in [-0.1, -0.05) is 6.07 Å². The highest BCUT2D eigenvalue weighted by atomic mass is 32.2. The van der Waals surface area contributed by atoms with Crippen molar-refractivity contribution in [1.29, 1.82) is 5.26 Å². The topological polar surface area (TPSA) is 75.3 Å². The Kier molecular flexibility index (Phi) is 4.75. The molecule has 1 aliphatic heterocycles. The van der Waals surface area contributed by atoms with Crippen molar-refractivity contribution in [2.75, 3.05) is 23.7 Å². The summed E-state index contributed by atoms with van der Waals surface area (Å²) < 4.78 is 33.7. The molecule has 1 aliphatic rings. The average Bonchev–Trinajstić information content (AvgIpc) is 3.31. The van der Waals surface area contributed by atoms with E-state index >= 15 is 0 Å². The van der Waals surface area contributed by atoms with Crippen LogP contribution in [0.15, 0.2) is 36.4 Å². The van der Waals surface area contributed by atoms with Crippen molar-refractivity contribution in [2.24, 2.45) is 0 Å². The fraction of sp³-hybridized carbons (Fsp3) is 0.318. The van der Waals surface area contributed by atoms with Crippen LogP contribution in [-0.2, 0) is 23.0 Å².